The van der Waals surface area contributed by atoms with Crippen LogP contribution in [-0.4, -0.2) is 8.42 Å². The monoisotopic (exact) mass is 332 g/mol. The molecule has 0 spiro atoms. The first kappa shape index (κ1) is 15.3. The zero-order valence-electron chi connectivity index (χ0n) is 10.3. The summed E-state index contributed by atoms with van der Waals surface area (Å²) in [7, 11) is -3.41. The van der Waals surface area contributed by atoms with E-state index in [2.05, 4.69) is 0 Å². The predicted molar refractivity (Wildman–Crippen MR) is 79.2 cm³/mol. The quantitative estimate of drug-likeness (QED) is 0.838. The minimum atomic E-state index is -3.41. The highest BCUT2D eigenvalue weighted by molar-refractivity contribution is 7.89. The minimum Gasteiger partial charge on any atom is -0.228 e. The second-order valence-electron chi connectivity index (χ2n) is 4.40. The molecule has 0 atom stereocenters. The third-order valence-corrected chi connectivity index (χ3v) is 4.78. The van der Waals surface area contributed by atoms with Crippen LogP contribution in [0.5, 0.6) is 0 Å². The molecule has 6 heteroatoms. The van der Waals surface area contributed by atoms with E-state index in [1.807, 2.05) is 0 Å². The van der Waals surface area contributed by atoms with E-state index in [9.17, 15) is 12.8 Å². The summed E-state index contributed by atoms with van der Waals surface area (Å²) in [5, 5.41) is 0.595. The summed E-state index contributed by atoms with van der Waals surface area (Å²) < 4.78 is 37.2. The summed E-state index contributed by atoms with van der Waals surface area (Å²) in [6.45, 7) is 0. The van der Waals surface area contributed by atoms with Crippen molar-refractivity contribution in [3.05, 3.63) is 69.5 Å². The maximum absolute atomic E-state index is 12.9. The third kappa shape index (κ3) is 4.20. The average Bonchev–Trinajstić information content (AvgIpc) is 2.32. The van der Waals surface area contributed by atoms with Crippen LogP contribution >= 0.6 is 23.2 Å². The van der Waals surface area contributed by atoms with Crippen LogP contribution in [0.3, 0.4) is 0 Å². The van der Waals surface area contributed by atoms with Gasteiger partial charge in [-0.25, -0.2) is 12.8 Å². The van der Waals surface area contributed by atoms with E-state index in [0.717, 1.165) is 6.07 Å². The standard InChI is InChI=1S/C14H11Cl2FO2S/c15-12-3-1-2-10(6-12)8-20(18,19)9-11-4-5-13(17)7-14(11)16/h1-7H,8-9H2. The van der Waals surface area contributed by atoms with Gasteiger partial charge in [-0.2, -0.15) is 0 Å². The highest BCUT2D eigenvalue weighted by Gasteiger charge is 2.15. The molecule has 0 saturated heterocycles. The molecule has 0 fully saturated rings. The lowest BCUT2D eigenvalue weighted by Gasteiger charge is -2.07. The van der Waals surface area contributed by atoms with Gasteiger partial charge >= 0.3 is 0 Å². The molecule has 2 aromatic carbocycles. The van der Waals surface area contributed by atoms with Crippen molar-refractivity contribution in [1.82, 2.24) is 0 Å². The number of sulfone groups is 1. The molecule has 106 valence electrons. The van der Waals surface area contributed by atoms with Gasteiger partial charge in [0.2, 0.25) is 0 Å². The number of benzene rings is 2. The molecule has 0 unspecified atom stereocenters. The van der Waals surface area contributed by atoms with Gasteiger partial charge in [-0.1, -0.05) is 41.4 Å². The third-order valence-electron chi connectivity index (χ3n) is 2.67. The predicted octanol–water partition coefficient (Wildman–Crippen LogP) is 4.25. The molecule has 0 N–H and O–H groups in total. The molecule has 0 aliphatic rings. The van der Waals surface area contributed by atoms with E-state index in [0.29, 0.717) is 16.1 Å². The first-order chi connectivity index (χ1) is 9.35. The summed E-state index contributed by atoms with van der Waals surface area (Å²) >= 11 is 11.7. The van der Waals surface area contributed by atoms with Crippen LogP contribution in [0.1, 0.15) is 11.1 Å². The Morgan fingerprint density at radius 3 is 2.40 bits per heavy atom. The molecular weight excluding hydrogens is 322 g/mol. The Bertz CT molecular complexity index is 730. The number of rotatable bonds is 4. The van der Waals surface area contributed by atoms with Gasteiger partial charge in [0.05, 0.1) is 11.5 Å². The summed E-state index contributed by atoms with van der Waals surface area (Å²) in [4.78, 5) is 0. The Balaban J connectivity index is 2.19. The number of hydrogen-bond donors (Lipinski definition) is 0. The lowest BCUT2D eigenvalue weighted by atomic mass is 10.2. The maximum Gasteiger partial charge on any atom is 0.158 e. The molecule has 0 heterocycles. The van der Waals surface area contributed by atoms with Gasteiger partial charge in [0.25, 0.3) is 0 Å². The van der Waals surface area contributed by atoms with Crippen LogP contribution in [0.4, 0.5) is 4.39 Å². The van der Waals surface area contributed by atoms with Gasteiger partial charge in [-0.3, -0.25) is 0 Å². The van der Waals surface area contributed by atoms with Crippen molar-refractivity contribution in [2.75, 3.05) is 0 Å². The molecule has 0 aliphatic carbocycles. The summed E-state index contributed by atoms with van der Waals surface area (Å²) in [6.07, 6.45) is 0. The van der Waals surface area contributed by atoms with Gasteiger partial charge in [0, 0.05) is 10.0 Å². The highest BCUT2D eigenvalue weighted by Crippen LogP contribution is 2.22. The van der Waals surface area contributed by atoms with Crippen molar-refractivity contribution in [3.63, 3.8) is 0 Å². The fraction of sp³-hybridized carbons (Fsp3) is 0.143. The first-order valence-electron chi connectivity index (χ1n) is 5.74. The topological polar surface area (TPSA) is 34.1 Å². The van der Waals surface area contributed by atoms with E-state index < -0.39 is 15.7 Å². The second-order valence-corrected chi connectivity index (χ2v) is 7.31. The molecule has 2 nitrogen and oxygen atoms in total. The zero-order chi connectivity index (χ0) is 14.8. The zero-order valence-corrected chi connectivity index (χ0v) is 12.6. The Hall–Kier alpha value is -1.10. The van der Waals surface area contributed by atoms with Crippen molar-refractivity contribution in [3.8, 4) is 0 Å². The lowest BCUT2D eigenvalue weighted by Crippen LogP contribution is -2.08. The molecule has 0 aromatic heterocycles. The summed E-state index contributed by atoms with van der Waals surface area (Å²) in [5.74, 6) is -0.870. The summed E-state index contributed by atoms with van der Waals surface area (Å²) in [6, 6.07) is 10.3. The largest absolute Gasteiger partial charge is 0.228 e. The van der Waals surface area contributed by atoms with Gasteiger partial charge in [0.15, 0.2) is 9.84 Å². The van der Waals surface area contributed by atoms with Gasteiger partial charge in [0.1, 0.15) is 5.82 Å². The van der Waals surface area contributed by atoms with Gasteiger partial charge < -0.3 is 0 Å². The Morgan fingerprint density at radius 2 is 1.75 bits per heavy atom. The molecule has 0 bridgehead atoms. The molecule has 0 saturated carbocycles. The van der Waals surface area contributed by atoms with Crippen molar-refractivity contribution in [2.45, 2.75) is 11.5 Å². The minimum absolute atomic E-state index is 0.111. The lowest BCUT2D eigenvalue weighted by molar-refractivity contribution is 0.594. The van der Waals surface area contributed by atoms with Crippen molar-refractivity contribution < 1.29 is 12.8 Å². The van der Waals surface area contributed by atoms with E-state index >= 15 is 0 Å². The van der Waals surface area contributed by atoms with E-state index in [1.54, 1.807) is 24.3 Å². The van der Waals surface area contributed by atoms with Crippen molar-refractivity contribution >= 4 is 33.0 Å². The SMILES string of the molecule is O=S(=O)(Cc1cccc(Cl)c1)Cc1ccc(F)cc1Cl. The van der Waals surface area contributed by atoms with Crippen molar-refractivity contribution in [2.24, 2.45) is 0 Å². The molecule has 0 amide bonds. The molecule has 0 aliphatic heterocycles. The van der Waals surface area contributed by atoms with Crippen LogP contribution in [0.25, 0.3) is 0 Å². The Labute approximate surface area is 127 Å². The number of hydrogen-bond acceptors (Lipinski definition) is 2. The maximum atomic E-state index is 12.9. The van der Waals surface area contributed by atoms with Crippen LogP contribution in [-0.2, 0) is 21.3 Å². The first-order valence-corrected chi connectivity index (χ1v) is 8.32. The van der Waals surface area contributed by atoms with Crippen LogP contribution < -0.4 is 0 Å². The van der Waals surface area contributed by atoms with Gasteiger partial charge in [-0.05, 0) is 35.4 Å². The molecule has 20 heavy (non-hydrogen) atoms. The molecule has 2 aromatic rings. The van der Waals surface area contributed by atoms with Crippen LogP contribution in [0.2, 0.25) is 10.0 Å². The highest BCUT2D eigenvalue weighted by atomic mass is 35.5. The average molecular weight is 333 g/mol. The normalized spacial score (nSPS) is 11.6. The molecule has 2 rings (SSSR count). The Kier molecular flexibility index (Phi) is 4.68. The number of halogens is 3. The van der Waals surface area contributed by atoms with E-state index in [4.69, 9.17) is 23.2 Å². The fourth-order valence-corrected chi connectivity index (χ4v) is 3.85. The molecular formula is C14H11Cl2FO2S. The van der Waals surface area contributed by atoms with Crippen LogP contribution in [0.15, 0.2) is 42.5 Å². The second kappa shape index (κ2) is 6.12. The van der Waals surface area contributed by atoms with E-state index in [-0.39, 0.29) is 16.5 Å². The van der Waals surface area contributed by atoms with Crippen LogP contribution in [0, 0.1) is 5.82 Å². The van der Waals surface area contributed by atoms with E-state index in [1.165, 1.54) is 12.1 Å². The Morgan fingerprint density at radius 1 is 1.00 bits per heavy atom. The van der Waals surface area contributed by atoms with Crippen molar-refractivity contribution in [1.29, 1.82) is 0 Å². The smallest absolute Gasteiger partial charge is 0.158 e. The fourth-order valence-electron chi connectivity index (χ4n) is 1.81. The molecule has 0 radical (unpaired) electrons. The summed E-state index contributed by atoms with van der Waals surface area (Å²) in [5.41, 5.74) is 0.992. The van der Waals surface area contributed by atoms with Gasteiger partial charge in [-0.15, -0.1) is 0 Å².